The number of hydrogen-bond donors (Lipinski definition) is 3. The minimum atomic E-state index is 0.323. The molecule has 0 radical (unpaired) electrons. The van der Waals surface area contributed by atoms with Gasteiger partial charge in [0, 0.05) is 24.5 Å². The first-order valence-electron chi connectivity index (χ1n) is 4.74. The van der Waals surface area contributed by atoms with E-state index in [4.69, 9.17) is 5.73 Å². The molecule has 0 spiro atoms. The first-order valence-corrected chi connectivity index (χ1v) is 4.74. The third kappa shape index (κ3) is 4.15. The highest BCUT2D eigenvalue weighted by atomic mass is 15.0. The van der Waals surface area contributed by atoms with E-state index in [1.54, 1.807) is 12.4 Å². The van der Waals surface area contributed by atoms with E-state index < -0.39 is 0 Å². The van der Waals surface area contributed by atoms with Gasteiger partial charge in [-0.25, -0.2) is 9.97 Å². The summed E-state index contributed by atoms with van der Waals surface area (Å²) in [5.74, 6) is 0.323. The van der Waals surface area contributed by atoms with Crippen LogP contribution in [0.25, 0.3) is 0 Å². The van der Waals surface area contributed by atoms with Crippen molar-refractivity contribution in [1.29, 1.82) is 0 Å². The van der Waals surface area contributed by atoms with Crippen molar-refractivity contribution in [3.05, 3.63) is 18.0 Å². The summed E-state index contributed by atoms with van der Waals surface area (Å²) in [6.07, 6.45) is 4.60. The van der Waals surface area contributed by atoms with Gasteiger partial charge in [0.05, 0.1) is 0 Å². The molecule has 78 valence electrons. The number of rotatable bonds is 6. The second kappa shape index (κ2) is 6.28. The quantitative estimate of drug-likeness (QED) is 0.546. The monoisotopic (exact) mass is 195 g/mol. The molecule has 0 saturated carbocycles. The fraction of sp³-hybridized carbons (Fsp3) is 0.556. The number of hydrogen-bond acceptors (Lipinski definition) is 5. The van der Waals surface area contributed by atoms with Crippen molar-refractivity contribution >= 4 is 5.95 Å². The van der Waals surface area contributed by atoms with Gasteiger partial charge in [-0.1, -0.05) is 0 Å². The van der Waals surface area contributed by atoms with Crippen LogP contribution in [0.15, 0.2) is 12.4 Å². The van der Waals surface area contributed by atoms with E-state index in [0.717, 1.165) is 31.6 Å². The van der Waals surface area contributed by atoms with Crippen LogP contribution in [-0.4, -0.2) is 30.1 Å². The van der Waals surface area contributed by atoms with Gasteiger partial charge in [0.2, 0.25) is 5.95 Å². The highest BCUT2D eigenvalue weighted by Gasteiger charge is 1.93. The van der Waals surface area contributed by atoms with Gasteiger partial charge in [-0.05, 0) is 26.6 Å². The summed E-state index contributed by atoms with van der Waals surface area (Å²) in [5.41, 5.74) is 6.43. The number of nitrogens with two attached hydrogens (primary N) is 1. The van der Waals surface area contributed by atoms with E-state index in [2.05, 4.69) is 20.6 Å². The molecular formula is C9H17N5. The van der Waals surface area contributed by atoms with Crippen LogP contribution < -0.4 is 16.4 Å². The molecule has 1 aromatic heterocycles. The van der Waals surface area contributed by atoms with Crippen LogP contribution in [0.2, 0.25) is 0 Å². The Morgan fingerprint density at radius 3 is 2.64 bits per heavy atom. The van der Waals surface area contributed by atoms with Gasteiger partial charge in [0.25, 0.3) is 0 Å². The average molecular weight is 195 g/mol. The molecule has 0 aliphatic heterocycles. The van der Waals surface area contributed by atoms with Crippen LogP contribution in [0.3, 0.4) is 0 Å². The number of anilines is 1. The van der Waals surface area contributed by atoms with Crippen LogP contribution in [0.4, 0.5) is 5.95 Å². The molecule has 0 atom stereocenters. The predicted molar refractivity (Wildman–Crippen MR) is 56.7 cm³/mol. The summed E-state index contributed by atoms with van der Waals surface area (Å²) in [6, 6.07) is 0. The van der Waals surface area contributed by atoms with Gasteiger partial charge in [-0.2, -0.15) is 0 Å². The summed E-state index contributed by atoms with van der Waals surface area (Å²) in [5, 5.41) is 6.39. The SMILES string of the molecule is CNCCCNCc1cnc(N)nc1. The maximum absolute atomic E-state index is 5.37. The summed E-state index contributed by atoms with van der Waals surface area (Å²) in [6.45, 7) is 2.82. The third-order valence-corrected chi connectivity index (χ3v) is 1.83. The molecule has 0 aromatic carbocycles. The molecule has 5 nitrogen and oxygen atoms in total. The van der Waals surface area contributed by atoms with E-state index in [-0.39, 0.29) is 0 Å². The first-order chi connectivity index (χ1) is 6.83. The van der Waals surface area contributed by atoms with Crippen LogP contribution in [0, 0.1) is 0 Å². The van der Waals surface area contributed by atoms with Crippen molar-refractivity contribution in [2.24, 2.45) is 0 Å². The van der Waals surface area contributed by atoms with Gasteiger partial charge in [0.1, 0.15) is 0 Å². The molecule has 1 heterocycles. The van der Waals surface area contributed by atoms with Gasteiger partial charge < -0.3 is 16.4 Å². The zero-order chi connectivity index (χ0) is 10.2. The number of nitrogens with zero attached hydrogens (tertiary/aromatic N) is 2. The van der Waals surface area contributed by atoms with Crippen molar-refractivity contribution in [3.8, 4) is 0 Å². The molecule has 0 amide bonds. The Bertz CT molecular complexity index is 246. The molecule has 0 bridgehead atoms. The standard InChI is InChI=1S/C9H17N5/c1-11-3-2-4-12-5-8-6-13-9(10)14-7-8/h6-7,11-12H,2-5H2,1H3,(H2,10,13,14). The Kier molecular flexibility index (Phi) is 4.88. The molecule has 5 heteroatoms. The molecule has 0 aliphatic carbocycles. The topological polar surface area (TPSA) is 75.9 Å². The summed E-state index contributed by atoms with van der Waals surface area (Å²) < 4.78 is 0. The molecule has 14 heavy (non-hydrogen) atoms. The van der Waals surface area contributed by atoms with E-state index in [1.807, 2.05) is 7.05 Å². The van der Waals surface area contributed by atoms with Gasteiger partial charge in [-0.3, -0.25) is 0 Å². The first kappa shape index (κ1) is 10.9. The van der Waals surface area contributed by atoms with Gasteiger partial charge in [-0.15, -0.1) is 0 Å². The highest BCUT2D eigenvalue weighted by molar-refractivity contribution is 5.16. The molecule has 4 N–H and O–H groups in total. The Labute approximate surface area is 84.1 Å². The van der Waals surface area contributed by atoms with Crippen molar-refractivity contribution in [1.82, 2.24) is 20.6 Å². The lowest BCUT2D eigenvalue weighted by Crippen LogP contribution is -2.19. The molecule has 0 unspecified atom stereocenters. The van der Waals surface area contributed by atoms with Crippen molar-refractivity contribution < 1.29 is 0 Å². The van der Waals surface area contributed by atoms with Gasteiger partial charge >= 0.3 is 0 Å². The lowest BCUT2D eigenvalue weighted by molar-refractivity contribution is 0.623. The van der Waals surface area contributed by atoms with Crippen LogP contribution >= 0.6 is 0 Å². The second-order valence-electron chi connectivity index (χ2n) is 3.08. The van der Waals surface area contributed by atoms with Crippen molar-refractivity contribution in [2.75, 3.05) is 25.9 Å². The van der Waals surface area contributed by atoms with Crippen molar-refractivity contribution in [2.45, 2.75) is 13.0 Å². The Hall–Kier alpha value is -1.20. The van der Waals surface area contributed by atoms with Crippen LogP contribution in [0.5, 0.6) is 0 Å². The lowest BCUT2D eigenvalue weighted by Gasteiger charge is -2.03. The Morgan fingerprint density at radius 2 is 2.00 bits per heavy atom. The minimum Gasteiger partial charge on any atom is -0.368 e. The predicted octanol–water partition coefficient (Wildman–Crippen LogP) is -0.242. The van der Waals surface area contributed by atoms with Crippen molar-refractivity contribution in [3.63, 3.8) is 0 Å². The zero-order valence-electron chi connectivity index (χ0n) is 8.45. The normalized spacial score (nSPS) is 10.4. The van der Waals surface area contributed by atoms with E-state index in [9.17, 15) is 0 Å². The number of aromatic nitrogens is 2. The van der Waals surface area contributed by atoms with E-state index >= 15 is 0 Å². The van der Waals surface area contributed by atoms with E-state index in [1.165, 1.54) is 0 Å². The Balaban J connectivity index is 2.15. The summed E-state index contributed by atoms with van der Waals surface area (Å²) in [7, 11) is 1.95. The highest BCUT2D eigenvalue weighted by Crippen LogP contribution is 1.95. The fourth-order valence-electron chi connectivity index (χ4n) is 1.08. The second-order valence-corrected chi connectivity index (χ2v) is 3.08. The maximum Gasteiger partial charge on any atom is 0.219 e. The lowest BCUT2D eigenvalue weighted by atomic mass is 10.3. The molecule has 1 aromatic rings. The van der Waals surface area contributed by atoms with Crippen LogP contribution in [0.1, 0.15) is 12.0 Å². The minimum absolute atomic E-state index is 0.323. The number of nitrogen functional groups attached to an aromatic ring is 1. The summed E-state index contributed by atoms with van der Waals surface area (Å²) in [4.78, 5) is 7.82. The molecular weight excluding hydrogens is 178 g/mol. The third-order valence-electron chi connectivity index (χ3n) is 1.83. The molecule has 0 saturated heterocycles. The maximum atomic E-state index is 5.37. The molecule has 1 rings (SSSR count). The smallest absolute Gasteiger partial charge is 0.219 e. The largest absolute Gasteiger partial charge is 0.368 e. The fourth-order valence-corrected chi connectivity index (χ4v) is 1.08. The van der Waals surface area contributed by atoms with E-state index in [0.29, 0.717) is 5.95 Å². The number of nitrogens with one attached hydrogen (secondary N) is 2. The zero-order valence-corrected chi connectivity index (χ0v) is 8.45. The summed E-state index contributed by atoms with van der Waals surface area (Å²) >= 11 is 0. The van der Waals surface area contributed by atoms with Gasteiger partial charge in [0.15, 0.2) is 0 Å². The molecule has 0 fully saturated rings. The average Bonchev–Trinajstić information content (AvgIpc) is 2.21. The Morgan fingerprint density at radius 1 is 1.29 bits per heavy atom. The van der Waals surface area contributed by atoms with Crippen LogP contribution in [-0.2, 0) is 6.54 Å². The molecule has 0 aliphatic rings.